The normalized spacial score (nSPS) is 15.1. The number of ether oxygens (including phenoxy) is 1. The molecule has 3 heteroatoms. The van der Waals surface area contributed by atoms with Crippen molar-refractivity contribution >= 4 is 0 Å². The predicted molar refractivity (Wildman–Crippen MR) is 59.4 cm³/mol. The zero-order valence-electron chi connectivity index (χ0n) is 9.33. The first-order valence-corrected chi connectivity index (χ1v) is 5.32. The number of hydrogen-bond acceptors (Lipinski definition) is 3. The molecular weight excluding hydrogens is 178 g/mol. The van der Waals surface area contributed by atoms with Crippen molar-refractivity contribution in [1.82, 2.24) is 5.32 Å². The third kappa shape index (κ3) is 8.23. The Hall–Kier alpha value is -0.380. The molecule has 0 saturated heterocycles. The SMILES string of the molecule is C=CC(C)NCC(O)COCCCC. The van der Waals surface area contributed by atoms with Crippen molar-refractivity contribution in [2.45, 2.75) is 38.8 Å². The molecule has 0 aliphatic rings. The zero-order valence-corrected chi connectivity index (χ0v) is 9.33. The molecule has 0 saturated carbocycles. The minimum atomic E-state index is -0.422. The average molecular weight is 201 g/mol. The fourth-order valence-corrected chi connectivity index (χ4v) is 0.930. The van der Waals surface area contributed by atoms with E-state index in [0.29, 0.717) is 13.2 Å². The first kappa shape index (κ1) is 13.6. The molecule has 0 spiro atoms. The number of hydrogen-bond donors (Lipinski definition) is 2. The smallest absolute Gasteiger partial charge is 0.0897 e. The molecule has 0 aliphatic heterocycles. The summed E-state index contributed by atoms with van der Waals surface area (Å²) < 4.78 is 5.29. The van der Waals surface area contributed by atoms with Crippen LogP contribution in [0.3, 0.4) is 0 Å². The van der Waals surface area contributed by atoms with E-state index in [2.05, 4.69) is 18.8 Å². The van der Waals surface area contributed by atoms with Crippen molar-refractivity contribution in [3.8, 4) is 0 Å². The highest BCUT2D eigenvalue weighted by Gasteiger charge is 2.04. The molecule has 3 nitrogen and oxygen atoms in total. The Morgan fingerprint density at radius 1 is 1.57 bits per heavy atom. The lowest BCUT2D eigenvalue weighted by molar-refractivity contribution is 0.0354. The zero-order chi connectivity index (χ0) is 10.8. The molecule has 2 N–H and O–H groups in total. The molecule has 0 amide bonds. The van der Waals surface area contributed by atoms with Crippen LogP contribution in [0.5, 0.6) is 0 Å². The Kier molecular flexibility index (Phi) is 8.94. The van der Waals surface area contributed by atoms with Gasteiger partial charge in [-0.15, -0.1) is 6.58 Å². The topological polar surface area (TPSA) is 41.5 Å². The van der Waals surface area contributed by atoms with Gasteiger partial charge in [-0.3, -0.25) is 0 Å². The van der Waals surface area contributed by atoms with Crippen LogP contribution in [0, 0.1) is 0 Å². The van der Waals surface area contributed by atoms with Crippen LogP contribution < -0.4 is 5.32 Å². The Morgan fingerprint density at radius 2 is 2.29 bits per heavy atom. The third-order valence-corrected chi connectivity index (χ3v) is 1.98. The number of unbranched alkanes of at least 4 members (excludes halogenated alkanes) is 1. The Labute approximate surface area is 87.2 Å². The molecule has 0 aromatic heterocycles. The lowest BCUT2D eigenvalue weighted by Crippen LogP contribution is -2.34. The molecule has 0 aromatic carbocycles. The van der Waals surface area contributed by atoms with Gasteiger partial charge in [-0.25, -0.2) is 0 Å². The second kappa shape index (κ2) is 9.19. The van der Waals surface area contributed by atoms with Gasteiger partial charge in [0.25, 0.3) is 0 Å². The summed E-state index contributed by atoms with van der Waals surface area (Å²) in [6, 6.07) is 0.236. The van der Waals surface area contributed by atoms with Gasteiger partial charge in [0, 0.05) is 19.2 Å². The summed E-state index contributed by atoms with van der Waals surface area (Å²) >= 11 is 0. The monoisotopic (exact) mass is 201 g/mol. The van der Waals surface area contributed by atoms with Gasteiger partial charge in [0.05, 0.1) is 12.7 Å². The Balaban J connectivity index is 3.27. The van der Waals surface area contributed by atoms with Crippen molar-refractivity contribution in [3.05, 3.63) is 12.7 Å². The minimum absolute atomic E-state index is 0.236. The Bertz CT molecular complexity index is 139. The lowest BCUT2D eigenvalue weighted by atomic mass is 10.3. The first-order chi connectivity index (χ1) is 6.70. The van der Waals surface area contributed by atoms with E-state index >= 15 is 0 Å². The van der Waals surface area contributed by atoms with E-state index in [1.807, 2.05) is 13.0 Å². The largest absolute Gasteiger partial charge is 0.389 e. The molecule has 14 heavy (non-hydrogen) atoms. The third-order valence-electron chi connectivity index (χ3n) is 1.98. The summed E-state index contributed by atoms with van der Waals surface area (Å²) in [7, 11) is 0. The first-order valence-electron chi connectivity index (χ1n) is 5.32. The van der Waals surface area contributed by atoms with Crippen molar-refractivity contribution in [2.75, 3.05) is 19.8 Å². The lowest BCUT2D eigenvalue weighted by Gasteiger charge is -2.14. The quantitative estimate of drug-likeness (QED) is 0.437. The summed E-state index contributed by atoms with van der Waals surface area (Å²) in [5, 5.41) is 12.6. The van der Waals surface area contributed by atoms with Gasteiger partial charge in [-0.05, 0) is 13.3 Å². The van der Waals surface area contributed by atoms with Gasteiger partial charge < -0.3 is 15.2 Å². The van der Waals surface area contributed by atoms with Gasteiger partial charge in [0.15, 0.2) is 0 Å². The van der Waals surface area contributed by atoms with E-state index in [1.54, 1.807) is 0 Å². The molecule has 2 unspecified atom stereocenters. The highest BCUT2D eigenvalue weighted by molar-refractivity contribution is 4.81. The summed E-state index contributed by atoms with van der Waals surface area (Å²) in [6.45, 7) is 9.47. The van der Waals surface area contributed by atoms with E-state index in [4.69, 9.17) is 4.74 Å². The average Bonchev–Trinajstić information content (AvgIpc) is 2.21. The molecule has 0 heterocycles. The van der Waals surface area contributed by atoms with E-state index in [1.165, 1.54) is 0 Å². The van der Waals surface area contributed by atoms with Crippen molar-refractivity contribution in [3.63, 3.8) is 0 Å². The maximum absolute atomic E-state index is 9.47. The van der Waals surface area contributed by atoms with Crippen molar-refractivity contribution in [2.24, 2.45) is 0 Å². The highest BCUT2D eigenvalue weighted by Crippen LogP contribution is 1.91. The van der Waals surface area contributed by atoms with Crippen LogP contribution in [0.4, 0.5) is 0 Å². The molecule has 0 fully saturated rings. The maximum Gasteiger partial charge on any atom is 0.0897 e. The summed E-state index contributed by atoms with van der Waals surface area (Å²) in [4.78, 5) is 0. The van der Waals surface area contributed by atoms with Crippen LogP contribution in [0.15, 0.2) is 12.7 Å². The minimum Gasteiger partial charge on any atom is -0.389 e. The maximum atomic E-state index is 9.47. The standard InChI is InChI=1S/C11H23NO2/c1-4-6-7-14-9-11(13)8-12-10(3)5-2/h5,10-13H,2,4,6-9H2,1,3H3. The van der Waals surface area contributed by atoms with Gasteiger partial charge in [0.1, 0.15) is 0 Å². The van der Waals surface area contributed by atoms with Crippen LogP contribution >= 0.6 is 0 Å². The van der Waals surface area contributed by atoms with Crippen LogP contribution in [0.2, 0.25) is 0 Å². The van der Waals surface area contributed by atoms with Gasteiger partial charge in [0.2, 0.25) is 0 Å². The molecule has 0 bridgehead atoms. The fraction of sp³-hybridized carbons (Fsp3) is 0.818. The van der Waals surface area contributed by atoms with E-state index in [0.717, 1.165) is 19.4 Å². The van der Waals surface area contributed by atoms with Gasteiger partial charge in [-0.1, -0.05) is 19.4 Å². The fourth-order valence-electron chi connectivity index (χ4n) is 0.930. The van der Waals surface area contributed by atoms with Crippen LogP contribution in [0.1, 0.15) is 26.7 Å². The van der Waals surface area contributed by atoms with E-state index < -0.39 is 6.10 Å². The summed E-state index contributed by atoms with van der Waals surface area (Å²) in [6.07, 6.45) is 3.57. The second-order valence-electron chi connectivity index (χ2n) is 3.51. The summed E-state index contributed by atoms with van der Waals surface area (Å²) in [5.74, 6) is 0. The number of aliphatic hydroxyl groups is 1. The molecule has 2 atom stereocenters. The predicted octanol–water partition coefficient (Wildman–Crippen LogP) is 1.33. The number of rotatable bonds is 9. The second-order valence-corrected chi connectivity index (χ2v) is 3.51. The van der Waals surface area contributed by atoms with Crippen LogP contribution in [-0.4, -0.2) is 37.0 Å². The van der Waals surface area contributed by atoms with Crippen molar-refractivity contribution < 1.29 is 9.84 Å². The van der Waals surface area contributed by atoms with Crippen molar-refractivity contribution in [1.29, 1.82) is 0 Å². The Morgan fingerprint density at radius 3 is 2.86 bits per heavy atom. The summed E-state index contributed by atoms with van der Waals surface area (Å²) in [5.41, 5.74) is 0. The molecule has 0 aromatic rings. The van der Waals surface area contributed by atoms with Crippen LogP contribution in [-0.2, 0) is 4.74 Å². The molecule has 0 rings (SSSR count). The van der Waals surface area contributed by atoms with E-state index in [9.17, 15) is 5.11 Å². The number of aliphatic hydroxyl groups excluding tert-OH is 1. The molecular formula is C11H23NO2. The number of nitrogens with one attached hydrogen (secondary N) is 1. The van der Waals surface area contributed by atoms with Gasteiger partial charge in [-0.2, -0.15) is 0 Å². The molecule has 84 valence electrons. The molecule has 0 aliphatic carbocycles. The van der Waals surface area contributed by atoms with Crippen LogP contribution in [0.25, 0.3) is 0 Å². The van der Waals surface area contributed by atoms with Gasteiger partial charge >= 0.3 is 0 Å². The van der Waals surface area contributed by atoms with E-state index in [-0.39, 0.29) is 6.04 Å². The highest BCUT2D eigenvalue weighted by atomic mass is 16.5. The molecule has 0 radical (unpaired) electrons.